The third-order valence-corrected chi connectivity index (χ3v) is 4.63. The van der Waals surface area contributed by atoms with Crippen molar-refractivity contribution in [1.82, 2.24) is 10.2 Å². The van der Waals surface area contributed by atoms with E-state index in [2.05, 4.69) is 5.32 Å². The average Bonchev–Trinajstić information content (AvgIpc) is 2.64. The van der Waals surface area contributed by atoms with Crippen molar-refractivity contribution in [2.24, 2.45) is 0 Å². The van der Waals surface area contributed by atoms with Crippen LogP contribution in [0.4, 0.5) is 8.78 Å². The number of amides is 2. The van der Waals surface area contributed by atoms with Gasteiger partial charge in [0.1, 0.15) is 11.6 Å². The Labute approximate surface area is 154 Å². The molecule has 0 spiro atoms. The van der Waals surface area contributed by atoms with Gasteiger partial charge in [0, 0.05) is 24.2 Å². The van der Waals surface area contributed by atoms with Crippen LogP contribution in [0.5, 0.6) is 0 Å². The zero-order valence-electron chi connectivity index (χ0n) is 13.8. The monoisotopic (exact) mass is 378 g/mol. The summed E-state index contributed by atoms with van der Waals surface area (Å²) in [5, 5.41) is 3.04. The highest BCUT2D eigenvalue weighted by Crippen LogP contribution is 2.18. The molecule has 136 valence electrons. The molecule has 1 aliphatic heterocycles. The molecule has 0 aromatic heterocycles. The minimum Gasteiger partial charge on any atom is -0.349 e. The smallest absolute Gasteiger partial charge is 0.256 e. The van der Waals surface area contributed by atoms with E-state index in [4.69, 9.17) is 11.6 Å². The average molecular weight is 379 g/mol. The Bertz CT molecular complexity index is 836. The van der Waals surface area contributed by atoms with E-state index < -0.39 is 17.5 Å². The number of hydrogen-bond donors (Lipinski definition) is 1. The Morgan fingerprint density at radius 1 is 1.00 bits per heavy atom. The molecule has 0 aliphatic carbocycles. The maximum atomic E-state index is 13.8. The van der Waals surface area contributed by atoms with E-state index in [-0.39, 0.29) is 28.1 Å². The van der Waals surface area contributed by atoms with Crippen LogP contribution in [-0.2, 0) is 0 Å². The number of carbonyl (C=O) groups is 2. The van der Waals surface area contributed by atoms with Gasteiger partial charge in [-0.3, -0.25) is 9.59 Å². The molecule has 1 heterocycles. The van der Waals surface area contributed by atoms with Gasteiger partial charge in [0.25, 0.3) is 11.8 Å². The van der Waals surface area contributed by atoms with Gasteiger partial charge in [0.05, 0.1) is 11.1 Å². The van der Waals surface area contributed by atoms with Gasteiger partial charge in [-0.2, -0.15) is 0 Å². The number of halogens is 3. The lowest BCUT2D eigenvalue weighted by Crippen LogP contribution is -2.46. The van der Waals surface area contributed by atoms with Crippen LogP contribution in [0.1, 0.15) is 33.6 Å². The first-order chi connectivity index (χ1) is 12.5. The molecule has 0 bridgehead atoms. The van der Waals surface area contributed by atoms with Crippen molar-refractivity contribution in [3.8, 4) is 0 Å². The molecule has 2 aromatic carbocycles. The lowest BCUT2D eigenvalue weighted by Gasteiger charge is -2.32. The standard InChI is InChI=1S/C19H17ClF2N2O2/c20-12-5-6-17(22)15(11-12)18(25)23-13-7-9-24(10-8-13)19(26)14-3-1-2-4-16(14)21/h1-6,11,13H,7-10H2,(H,23,25). The summed E-state index contributed by atoms with van der Waals surface area (Å²) in [5.74, 6) is -2.10. The number of hydrogen-bond acceptors (Lipinski definition) is 2. The molecule has 1 fully saturated rings. The summed E-state index contributed by atoms with van der Waals surface area (Å²) in [6, 6.07) is 9.46. The van der Waals surface area contributed by atoms with E-state index in [9.17, 15) is 18.4 Å². The summed E-state index contributed by atoms with van der Waals surface area (Å²) in [5.41, 5.74) is -0.0710. The summed E-state index contributed by atoms with van der Waals surface area (Å²) in [6.45, 7) is 0.770. The van der Waals surface area contributed by atoms with Crippen molar-refractivity contribution < 1.29 is 18.4 Å². The molecular formula is C19H17ClF2N2O2. The van der Waals surface area contributed by atoms with E-state index in [1.807, 2.05) is 0 Å². The third-order valence-electron chi connectivity index (χ3n) is 4.39. The zero-order valence-corrected chi connectivity index (χ0v) is 14.6. The summed E-state index contributed by atoms with van der Waals surface area (Å²) in [7, 11) is 0. The normalized spacial score (nSPS) is 15.0. The Morgan fingerprint density at radius 3 is 2.35 bits per heavy atom. The fraction of sp³-hybridized carbons (Fsp3) is 0.263. The first-order valence-electron chi connectivity index (χ1n) is 8.25. The van der Waals surface area contributed by atoms with Gasteiger partial charge in [-0.05, 0) is 43.2 Å². The summed E-state index contributed by atoms with van der Waals surface area (Å²) in [4.78, 5) is 26.2. The molecule has 1 saturated heterocycles. The van der Waals surface area contributed by atoms with E-state index in [1.165, 1.54) is 30.3 Å². The van der Waals surface area contributed by atoms with Crippen molar-refractivity contribution in [3.63, 3.8) is 0 Å². The minimum absolute atomic E-state index is 0.0379. The molecule has 2 aromatic rings. The molecular weight excluding hydrogens is 362 g/mol. The van der Waals surface area contributed by atoms with Crippen LogP contribution in [0.2, 0.25) is 5.02 Å². The van der Waals surface area contributed by atoms with Gasteiger partial charge in [-0.15, -0.1) is 0 Å². The van der Waals surface area contributed by atoms with Crippen LogP contribution < -0.4 is 5.32 Å². The lowest BCUT2D eigenvalue weighted by molar-refractivity contribution is 0.0693. The van der Waals surface area contributed by atoms with Crippen LogP contribution in [0, 0.1) is 11.6 Å². The molecule has 26 heavy (non-hydrogen) atoms. The minimum atomic E-state index is -0.640. The quantitative estimate of drug-likeness (QED) is 0.886. The fourth-order valence-electron chi connectivity index (χ4n) is 2.97. The number of piperidine rings is 1. The maximum absolute atomic E-state index is 13.8. The first kappa shape index (κ1) is 18.3. The Hall–Kier alpha value is -2.47. The van der Waals surface area contributed by atoms with Crippen LogP contribution in [0.15, 0.2) is 42.5 Å². The summed E-state index contributed by atoms with van der Waals surface area (Å²) in [6.07, 6.45) is 1.02. The van der Waals surface area contributed by atoms with Crippen molar-refractivity contribution in [1.29, 1.82) is 0 Å². The van der Waals surface area contributed by atoms with Crippen molar-refractivity contribution in [2.75, 3.05) is 13.1 Å². The lowest BCUT2D eigenvalue weighted by atomic mass is 10.0. The van der Waals surface area contributed by atoms with Crippen LogP contribution in [0.25, 0.3) is 0 Å². The molecule has 1 N–H and O–H groups in total. The maximum Gasteiger partial charge on any atom is 0.256 e. The molecule has 0 atom stereocenters. The molecule has 4 nitrogen and oxygen atoms in total. The number of nitrogens with one attached hydrogen (secondary N) is 1. The van der Waals surface area contributed by atoms with Gasteiger partial charge in [0.2, 0.25) is 0 Å². The van der Waals surface area contributed by atoms with E-state index in [0.717, 1.165) is 6.07 Å². The van der Waals surface area contributed by atoms with Crippen molar-refractivity contribution >= 4 is 23.4 Å². The first-order valence-corrected chi connectivity index (χ1v) is 8.63. The zero-order chi connectivity index (χ0) is 18.7. The van der Waals surface area contributed by atoms with Gasteiger partial charge in [0.15, 0.2) is 0 Å². The highest BCUT2D eigenvalue weighted by atomic mass is 35.5. The predicted octanol–water partition coefficient (Wildman–Crippen LogP) is 3.65. The van der Waals surface area contributed by atoms with Gasteiger partial charge in [-0.25, -0.2) is 8.78 Å². The van der Waals surface area contributed by atoms with E-state index >= 15 is 0 Å². The topological polar surface area (TPSA) is 49.4 Å². The third kappa shape index (κ3) is 4.02. The molecule has 2 amide bonds. The number of likely N-dealkylation sites (tertiary alicyclic amines) is 1. The highest BCUT2D eigenvalue weighted by molar-refractivity contribution is 6.31. The predicted molar refractivity (Wildman–Crippen MR) is 94.2 cm³/mol. The molecule has 1 aliphatic rings. The fourth-order valence-corrected chi connectivity index (χ4v) is 3.14. The largest absolute Gasteiger partial charge is 0.349 e. The van der Waals surface area contributed by atoms with Crippen LogP contribution in [0.3, 0.4) is 0 Å². The highest BCUT2D eigenvalue weighted by Gasteiger charge is 2.26. The van der Waals surface area contributed by atoms with E-state index in [0.29, 0.717) is 25.9 Å². The second-order valence-electron chi connectivity index (χ2n) is 6.14. The Balaban J connectivity index is 1.59. The molecule has 0 saturated carbocycles. The van der Waals surface area contributed by atoms with Crippen molar-refractivity contribution in [2.45, 2.75) is 18.9 Å². The Morgan fingerprint density at radius 2 is 1.65 bits per heavy atom. The SMILES string of the molecule is O=C(NC1CCN(C(=O)c2ccccc2F)CC1)c1cc(Cl)ccc1F. The van der Waals surface area contributed by atoms with Crippen LogP contribution in [-0.4, -0.2) is 35.8 Å². The van der Waals surface area contributed by atoms with Crippen LogP contribution >= 0.6 is 11.6 Å². The molecule has 3 rings (SSSR count). The number of benzene rings is 2. The molecule has 7 heteroatoms. The van der Waals surface area contributed by atoms with Gasteiger partial charge >= 0.3 is 0 Å². The second kappa shape index (κ2) is 7.83. The summed E-state index contributed by atoms with van der Waals surface area (Å²) >= 11 is 5.81. The summed E-state index contributed by atoms with van der Waals surface area (Å²) < 4.78 is 27.5. The molecule has 0 radical (unpaired) electrons. The number of carbonyl (C=O) groups excluding carboxylic acids is 2. The molecule has 0 unspecified atom stereocenters. The van der Waals surface area contributed by atoms with Gasteiger partial charge < -0.3 is 10.2 Å². The second-order valence-corrected chi connectivity index (χ2v) is 6.58. The van der Waals surface area contributed by atoms with E-state index in [1.54, 1.807) is 11.0 Å². The number of nitrogens with zero attached hydrogens (tertiary/aromatic N) is 1. The Kier molecular flexibility index (Phi) is 5.52. The van der Waals surface area contributed by atoms with Crippen molar-refractivity contribution in [3.05, 3.63) is 70.2 Å². The van der Waals surface area contributed by atoms with Gasteiger partial charge in [-0.1, -0.05) is 23.7 Å². The number of rotatable bonds is 3.